The summed E-state index contributed by atoms with van der Waals surface area (Å²) in [5, 5.41) is 13.5. The number of benzene rings is 3. The number of pyridine rings is 1. The Morgan fingerprint density at radius 2 is 1.86 bits per heavy atom. The molecule has 0 bridgehead atoms. The summed E-state index contributed by atoms with van der Waals surface area (Å²) >= 11 is 6.21. The molecule has 1 atom stereocenters. The van der Waals surface area contributed by atoms with Gasteiger partial charge in [-0.1, -0.05) is 54.1 Å². The molecule has 5 rings (SSSR count). The van der Waals surface area contributed by atoms with Gasteiger partial charge in [-0.3, -0.25) is 19.5 Å². The lowest BCUT2D eigenvalue weighted by atomic mass is 9.95. The number of fused-ring (bicyclic) bond motifs is 1. The predicted octanol–water partition coefficient (Wildman–Crippen LogP) is 5.91. The summed E-state index contributed by atoms with van der Waals surface area (Å²) in [7, 11) is 0. The van der Waals surface area contributed by atoms with Crippen molar-refractivity contribution >= 4 is 45.5 Å². The Hall–Kier alpha value is -4.16. The Morgan fingerprint density at radius 3 is 2.63 bits per heavy atom. The van der Waals surface area contributed by atoms with E-state index in [1.54, 1.807) is 48.8 Å². The maximum atomic E-state index is 13.5. The number of hydrogen-bond acceptors (Lipinski definition) is 5. The van der Waals surface area contributed by atoms with E-state index in [0.29, 0.717) is 34.2 Å². The summed E-state index contributed by atoms with van der Waals surface area (Å²) in [6, 6.07) is 20.6. The highest BCUT2D eigenvalue weighted by molar-refractivity contribution is 6.52. The first-order valence-corrected chi connectivity index (χ1v) is 11.5. The molecule has 1 aromatic heterocycles. The Bertz CT molecular complexity index is 1480. The van der Waals surface area contributed by atoms with Crippen molar-refractivity contribution in [2.24, 2.45) is 0 Å². The molecule has 0 aliphatic carbocycles. The minimum atomic E-state index is -0.874. The number of ketones is 1. The lowest BCUT2D eigenvalue weighted by Gasteiger charge is -2.26. The monoisotopic (exact) mass is 484 g/mol. The zero-order valence-electron chi connectivity index (χ0n) is 18.8. The van der Waals surface area contributed by atoms with Crippen LogP contribution in [0.15, 0.2) is 90.8 Å². The molecular weight excluding hydrogens is 464 g/mol. The molecule has 35 heavy (non-hydrogen) atoms. The normalized spacial score (nSPS) is 17.2. The van der Waals surface area contributed by atoms with Crippen LogP contribution in [0.2, 0.25) is 5.02 Å². The van der Waals surface area contributed by atoms with Crippen LogP contribution in [0.5, 0.6) is 5.75 Å². The first kappa shape index (κ1) is 22.6. The van der Waals surface area contributed by atoms with Crippen LogP contribution in [0.1, 0.15) is 24.1 Å². The number of carbonyl (C=O) groups excluding carboxylic acids is 2. The van der Waals surface area contributed by atoms with Crippen LogP contribution in [0.25, 0.3) is 16.5 Å². The minimum Gasteiger partial charge on any atom is -0.507 e. The lowest BCUT2D eigenvalue weighted by Crippen LogP contribution is -2.29. The molecule has 3 aromatic carbocycles. The van der Waals surface area contributed by atoms with Crippen LogP contribution in [0, 0.1) is 0 Å². The van der Waals surface area contributed by atoms with E-state index in [-0.39, 0.29) is 11.3 Å². The van der Waals surface area contributed by atoms with Crippen molar-refractivity contribution in [2.45, 2.75) is 13.0 Å². The molecule has 1 saturated heterocycles. The number of aromatic nitrogens is 1. The van der Waals surface area contributed by atoms with Crippen molar-refractivity contribution in [3.05, 3.63) is 107 Å². The third kappa shape index (κ3) is 3.92. The van der Waals surface area contributed by atoms with E-state index < -0.39 is 17.7 Å². The first-order chi connectivity index (χ1) is 17.0. The molecule has 1 N–H and O–H groups in total. The quantitative estimate of drug-likeness (QED) is 0.216. The summed E-state index contributed by atoms with van der Waals surface area (Å²) in [4.78, 5) is 32.5. The first-order valence-electron chi connectivity index (χ1n) is 11.1. The Balaban J connectivity index is 1.75. The summed E-state index contributed by atoms with van der Waals surface area (Å²) in [6.45, 7) is 2.20. The largest absolute Gasteiger partial charge is 0.507 e. The molecule has 1 fully saturated rings. The number of halogens is 1. The van der Waals surface area contributed by atoms with Crippen molar-refractivity contribution in [2.75, 3.05) is 11.5 Å². The molecule has 1 amide bonds. The van der Waals surface area contributed by atoms with Gasteiger partial charge in [0.15, 0.2) is 0 Å². The van der Waals surface area contributed by atoms with E-state index in [9.17, 15) is 14.7 Å². The number of Topliss-reactive ketones (excluding diaryl/α,β-unsaturated/α-hetero) is 1. The fraction of sp³-hybridized carbons (Fsp3) is 0.107. The summed E-state index contributed by atoms with van der Waals surface area (Å²) in [5.41, 5.74) is 1.47. The van der Waals surface area contributed by atoms with Crippen molar-refractivity contribution < 1.29 is 19.4 Å². The molecule has 1 aliphatic rings. The summed E-state index contributed by atoms with van der Waals surface area (Å²) in [6.07, 6.45) is 3.20. The van der Waals surface area contributed by atoms with Gasteiger partial charge in [0.2, 0.25) is 0 Å². The van der Waals surface area contributed by atoms with Crippen LogP contribution in [-0.4, -0.2) is 28.4 Å². The van der Waals surface area contributed by atoms with E-state index in [2.05, 4.69) is 4.98 Å². The average Bonchev–Trinajstić information content (AvgIpc) is 3.15. The van der Waals surface area contributed by atoms with Crippen LogP contribution in [0.3, 0.4) is 0 Å². The predicted molar refractivity (Wildman–Crippen MR) is 136 cm³/mol. The van der Waals surface area contributed by atoms with Crippen LogP contribution in [0.4, 0.5) is 5.69 Å². The van der Waals surface area contributed by atoms with E-state index >= 15 is 0 Å². The highest BCUT2D eigenvalue weighted by atomic mass is 35.5. The number of aliphatic hydroxyl groups excluding tert-OH is 1. The second kappa shape index (κ2) is 9.24. The van der Waals surface area contributed by atoms with Crippen molar-refractivity contribution in [1.82, 2.24) is 4.98 Å². The maximum absolute atomic E-state index is 13.5. The molecule has 6 nitrogen and oxygen atoms in total. The molecule has 4 aromatic rings. The van der Waals surface area contributed by atoms with Gasteiger partial charge in [0, 0.05) is 23.3 Å². The minimum absolute atomic E-state index is 0.0271. The summed E-state index contributed by atoms with van der Waals surface area (Å²) < 4.78 is 5.55. The molecule has 1 unspecified atom stereocenters. The van der Waals surface area contributed by atoms with Gasteiger partial charge in [-0.05, 0) is 48.2 Å². The number of nitrogens with zero attached hydrogens (tertiary/aromatic N) is 2. The Morgan fingerprint density at radius 1 is 1.06 bits per heavy atom. The average molecular weight is 485 g/mol. The van der Waals surface area contributed by atoms with E-state index in [1.807, 2.05) is 43.3 Å². The second-order valence-corrected chi connectivity index (χ2v) is 8.44. The number of hydrogen-bond donors (Lipinski definition) is 1. The third-order valence-corrected chi connectivity index (χ3v) is 6.29. The number of rotatable bonds is 5. The van der Waals surface area contributed by atoms with Crippen LogP contribution >= 0.6 is 11.6 Å². The van der Waals surface area contributed by atoms with E-state index in [0.717, 1.165) is 10.8 Å². The number of ether oxygens (including phenoxy) is 1. The van der Waals surface area contributed by atoms with Crippen molar-refractivity contribution in [1.29, 1.82) is 0 Å². The SMILES string of the molecule is CCOc1cc(/C(O)=C2\C(=O)C(=O)N(c3cccc4ccccc34)C2c2cccnc2)ccc1Cl. The highest BCUT2D eigenvalue weighted by Crippen LogP contribution is 2.44. The third-order valence-electron chi connectivity index (χ3n) is 5.98. The fourth-order valence-corrected chi connectivity index (χ4v) is 4.60. The Labute approximate surface area is 207 Å². The number of amides is 1. The van der Waals surface area contributed by atoms with Crippen molar-refractivity contribution in [3.8, 4) is 5.75 Å². The smallest absolute Gasteiger partial charge is 0.300 e. The van der Waals surface area contributed by atoms with Gasteiger partial charge in [-0.25, -0.2) is 0 Å². The van der Waals surface area contributed by atoms with Gasteiger partial charge in [0.1, 0.15) is 11.5 Å². The topological polar surface area (TPSA) is 79.7 Å². The van der Waals surface area contributed by atoms with Gasteiger partial charge in [-0.2, -0.15) is 0 Å². The highest BCUT2D eigenvalue weighted by Gasteiger charge is 2.47. The van der Waals surface area contributed by atoms with Gasteiger partial charge < -0.3 is 9.84 Å². The molecule has 7 heteroatoms. The van der Waals surface area contributed by atoms with Gasteiger partial charge >= 0.3 is 0 Å². The standard InChI is InChI=1S/C28H21ClN2O4/c1-2-35-23-15-18(12-13-21(23)29)26(32)24-25(19-9-6-14-30-16-19)31(28(34)27(24)33)22-11-5-8-17-7-3-4-10-20(17)22/h3-16,25,32H,2H2,1H3/b26-24+. The molecule has 1 aliphatic heterocycles. The molecular formula is C28H21ClN2O4. The van der Waals surface area contributed by atoms with Gasteiger partial charge in [0.05, 0.1) is 28.9 Å². The van der Waals surface area contributed by atoms with Gasteiger partial charge in [0.25, 0.3) is 11.7 Å². The molecule has 0 spiro atoms. The Kier molecular flexibility index (Phi) is 5.97. The van der Waals surface area contributed by atoms with E-state index in [1.165, 1.54) is 4.90 Å². The number of carbonyl (C=O) groups is 2. The van der Waals surface area contributed by atoms with Crippen LogP contribution < -0.4 is 9.64 Å². The molecule has 0 saturated carbocycles. The fourth-order valence-electron chi connectivity index (χ4n) is 4.42. The maximum Gasteiger partial charge on any atom is 0.300 e. The van der Waals surface area contributed by atoms with Gasteiger partial charge in [-0.15, -0.1) is 0 Å². The van der Waals surface area contributed by atoms with Crippen molar-refractivity contribution in [3.63, 3.8) is 0 Å². The lowest BCUT2D eigenvalue weighted by molar-refractivity contribution is -0.132. The second-order valence-electron chi connectivity index (χ2n) is 8.03. The summed E-state index contributed by atoms with van der Waals surface area (Å²) in [5.74, 6) is -1.44. The zero-order chi connectivity index (χ0) is 24.5. The zero-order valence-corrected chi connectivity index (χ0v) is 19.6. The number of anilines is 1. The molecule has 2 heterocycles. The molecule has 174 valence electrons. The number of aliphatic hydroxyl groups is 1. The van der Waals surface area contributed by atoms with E-state index in [4.69, 9.17) is 16.3 Å². The molecule has 0 radical (unpaired) electrons. The van der Waals surface area contributed by atoms with Crippen LogP contribution in [-0.2, 0) is 9.59 Å².